The van der Waals surface area contributed by atoms with E-state index in [2.05, 4.69) is 14.4 Å². The number of piperidine rings is 1. The van der Waals surface area contributed by atoms with E-state index in [4.69, 9.17) is 24.7 Å². The number of aromatic nitrogens is 6. The molecule has 1 aromatic carbocycles. The van der Waals surface area contributed by atoms with Crippen molar-refractivity contribution in [3.63, 3.8) is 0 Å². The van der Waals surface area contributed by atoms with Crippen LogP contribution in [0.1, 0.15) is 50.7 Å². The molecule has 1 N–H and O–H groups in total. The average Bonchev–Trinajstić information content (AvgIpc) is 3.43. The van der Waals surface area contributed by atoms with Gasteiger partial charge in [0.15, 0.2) is 17.0 Å². The zero-order valence-electron chi connectivity index (χ0n) is 23.4. The third-order valence-corrected chi connectivity index (χ3v) is 8.87. The number of fused-ring (bicyclic) bond motifs is 2. The number of para-hydroxylation sites is 2. The number of nitrogens with zero attached hydrogens (tertiary/aromatic N) is 8. The van der Waals surface area contributed by atoms with Gasteiger partial charge in [-0.05, 0) is 64.3 Å². The highest BCUT2D eigenvalue weighted by atomic mass is 19.1. The van der Waals surface area contributed by atoms with Crippen molar-refractivity contribution in [2.45, 2.75) is 57.3 Å². The molecule has 2 atom stereocenters. The summed E-state index contributed by atoms with van der Waals surface area (Å²) < 4.78 is 24.0. The Kier molecular flexibility index (Phi) is 6.28. The van der Waals surface area contributed by atoms with Crippen LogP contribution in [0.3, 0.4) is 0 Å². The number of hydrogen-bond donors (Lipinski definition) is 1. The number of halogens is 1. The number of imidazole rings is 2. The molecule has 11 heteroatoms. The van der Waals surface area contributed by atoms with Gasteiger partial charge in [-0.2, -0.15) is 9.97 Å². The summed E-state index contributed by atoms with van der Waals surface area (Å²) in [5.41, 5.74) is 2.57. The molecule has 0 spiro atoms. The molecular weight excluding hydrogens is 511 g/mol. The first-order valence-electron chi connectivity index (χ1n) is 14.4. The standard InChI is InChI=1S/C29H37FN8O2/c1-29(2,39)18-8-10-36(11-9-18)17-23-32-24-26(35(23)3)33-28(34-27(24)37-12-14-40-15-13-37)38-22-7-5-4-6-21(22)31-25(38)19-16-20(19)30/h4-7,18-20,39H,8-17H2,1-3H3/t19-,20+/m1/s1. The number of rotatable bonds is 6. The number of anilines is 1. The second-order valence-electron chi connectivity index (χ2n) is 12.1. The van der Waals surface area contributed by atoms with Crippen LogP contribution in [0, 0.1) is 5.92 Å². The molecule has 3 aromatic heterocycles. The van der Waals surface area contributed by atoms with Gasteiger partial charge in [-0.3, -0.25) is 9.47 Å². The molecule has 5 heterocycles. The molecular formula is C29H37FN8O2. The maximum Gasteiger partial charge on any atom is 0.239 e. The van der Waals surface area contributed by atoms with Gasteiger partial charge in [0.1, 0.15) is 17.8 Å². The predicted molar refractivity (Wildman–Crippen MR) is 151 cm³/mol. The lowest BCUT2D eigenvalue weighted by Gasteiger charge is -2.37. The van der Waals surface area contributed by atoms with Gasteiger partial charge < -0.3 is 19.3 Å². The molecule has 2 saturated heterocycles. The molecule has 1 aliphatic carbocycles. The van der Waals surface area contributed by atoms with Gasteiger partial charge in [-0.1, -0.05) is 12.1 Å². The van der Waals surface area contributed by atoms with E-state index in [0.29, 0.717) is 57.0 Å². The number of aryl methyl sites for hydroxylation is 1. The van der Waals surface area contributed by atoms with Gasteiger partial charge >= 0.3 is 0 Å². The second-order valence-corrected chi connectivity index (χ2v) is 12.1. The van der Waals surface area contributed by atoms with Crippen molar-refractivity contribution in [3.05, 3.63) is 35.9 Å². The Morgan fingerprint density at radius 1 is 1.02 bits per heavy atom. The maximum atomic E-state index is 14.3. The molecule has 2 aliphatic heterocycles. The number of morpholine rings is 1. The lowest BCUT2D eigenvalue weighted by Crippen LogP contribution is -2.41. The molecule has 0 bridgehead atoms. The Labute approximate surface area is 232 Å². The third kappa shape index (κ3) is 4.53. The SMILES string of the molecule is Cn1c(CN2CCC(C(C)(C)O)CC2)nc2c(N3CCOCC3)nc(-n3c([C@@H]4C[C@@H]4F)nc4ccccc43)nc21. The van der Waals surface area contributed by atoms with Crippen LogP contribution in [-0.2, 0) is 18.3 Å². The highest BCUT2D eigenvalue weighted by Crippen LogP contribution is 2.44. The van der Waals surface area contributed by atoms with E-state index in [1.807, 2.05) is 49.7 Å². The van der Waals surface area contributed by atoms with E-state index >= 15 is 0 Å². The maximum absolute atomic E-state index is 14.3. The zero-order valence-corrected chi connectivity index (χ0v) is 23.4. The molecule has 212 valence electrons. The summed E-state index contributed by atoms with van der Waals surface area (Å²) in [7, 11) is 2.01. The van der Waals surface area contributed by atoms with Crippen molar-refractivity contribution in [2.75, 3.05) is 44.3 Å². The molecule has 0 amide bonds. The van der Waals surface area contributed by atoms with E-state index in [-0.39, 0.29) is 5.92 Å². The second kappa shape index (κ2) is 9.74. The molecule has 0 radical (unpaired) electrons. The van der Waals surface area contributed by atoms with Crippen LogP contribution in [0.5, 0.6) is 0 Å². The molecule has 10 nitrogen and oxygen atoms in total. The summed E-state index contributed by atoms with van der Waals surface area (Å²) in [6.07, 6.45) is 1.51. The monoisotopic (exact) mass is 548 g/mol. The van der Waals surface area contributed by atoms with Gasteiger partial charge in [0.05, 0.1) is 42.3 Å². The number of benzene rings is 1. The number of likely N-dealkylation sites (tertiary alicyclic amines) is 1. The van der Waals surface area contributed by atoms with Crippen LogP contribution in [0.2, 0.25) is 0 Å². The molecule has 1 saturated carbocycles. The lowest BCUT2D eigenvalue weighted by atomic mass is 9.83. The Hall–Kier alpha value is -3.15. The molecule has 4 aromatic rings. The van der Waals surface area contributed by atoms with E-state index < -0.39 is 11.8 Å². The number of ether oxygens (including phenoxy) is 1. The minimum absolute atomic E-state index is 0.243. The van der Waals surface area contributed by atoms with E-state index in [9.17, 15) is 9.50 Å². The highest BCUT2D eigenvalue weighted by molar-refractivity contribution is 5.86. The van der Waals surface area contributed by atoms with Crippen molar-refractivity contribution in [1.29, 1.82) is 0 Å². The van der Waals surface area contributed by atoms with Gasteiger partial charge in [0, 0.05) is 20.1 Å². The Bertz CT molecular complexity index is 1550. The quantitative estimate of drug-likeness (QED) is 0.392. The van der Waals surface area contributed by atoms with Gasteiger partial charge in [0.25, 0.3) is 0 Å². The largest absolute Gasteiger partial charge is 0.390 e. The Balaban J connectivity index is 1.31. The molecule has 3 aliphatic rings. The minimum Gasteiger partial charge on any atom is -0.390 e. The van der Waals surface area contributed by atoms with Gasteiger partial charge in [-0.25, -0.2) is 14.4 Å². The summed E-state index contributed by atoms with van der Waals surface area (Å²) in [5.74, 6) is 2.95. The van der Waals surface area contributed by atoms with Crippen LogP contribution in [-0.4, -0.2) is 90.2 Å². The van der Waals surface area contributed by atoms with Crippen LogP contribution >= 0.6 is 0 Å². The fourth-order valence-corrected chi connectivity index (χ4v) is 6.25. The first-order valence-corrected chi connectivity index (χ1v) is 14.4. The van der Waals surface area contributed by atoms with Crippen LogP contribution in [0.25, 0.3) is 28.1 Å². The van der Waals surface area contributed by atoms with E-state index in [0.717, 1.165) is 59.8 Å². The third-order valence-electron chi connectivity index (χ3n) is 8.87. The first kappa shape index (κ1) is 25.8. The fourth-order valence-electron chi connectivity index (χ4n) is 6.25. The van der Waals surface area contributed by atoms with Gasteiger partial charge in [-0.15, -0.1) is 0 Å². The van der Waals surface area contributed by atoms with Crippen molar-refractivity contribution in [2.24, 2.45) is 13.0 Å². The van der Waals surface area contributed by atoms with E-state index in [1.165, 1.54) is 0 Å². The molecule has 0 unspecified atom stereocenters. The van der Waals surface area contributed by atoms with Crippen LogP contribution in [0.4, 0.5) is 10.2 Å². The lowest BCUT2D eigenvalue weighted by molar-refractivity contribution is -0.0139. The smallest absolute Gasteiger partial charge is 0.239 e. The number of alkyl halides is 1. The Morgan fingerprint density at radius 3 is 2.45 bits per heavy atom. The summed E-state index contributed by atoms with van der Waals surface area (Å²) in [5, 5.41) is 10.5. The molecule has 7 rings (SSSR count). The minimum atomic E-state index is -0.887. The summed E-state index contributed by atoms with van der Waals surface area (Å²) in [4.78, 5) is 24.7. The molecule has 3 fully saturated rings. The van der Waals surface area contributed by atoms with Crippen LogP contribution in [0.15, 0.2) is 24.3 Å². The Morgan fingerprint density at radius 2 is 1.75 bits per heavy atom. The predicted octanol–water partition coefficient (Wildman–Crippen LogP) is 3.35. The van der Waals surface area contributed by atoms with Crippen molar-refractivity contribution < 1.29 is 14.2 Å². The van der Waals surface area contributed by atoms with Crippen LogP contribution < -0.4 is 4.90 Å². The van der Waals surface area contributed by atoms with Gasteiger partial charge in [0.2, 0.25) is 5.95 Å². The summed E-state index contributed by atoms with van der Waals surface area (Å²) >= 11 is 0. The number of aliphatic hydroxyl groups is 1. The first-order chi connectivity index (χ1) is 19.3. The summed E-state index contributed by atoms with van der Waals surface area (Å²) in [6.45, 7) is 9.05. The highest BCUT2D eigenvalue weighted by Gasteiger charge is 2.43. The normalized spacial score (nSPS) is 23.0. The van der Waals surface area contributed by atoms with Crippen molar-refractivity contribution in [1.82, 2.24) is 34.0 Å². The number of hydrogen-bond acceptors (Lipinski definition) is 8. The van der Waals surface area contributed by atoms with Crippen molar-refractivity contribution >= 4 is 28.0 Å². The van der Waals surface area contributed by atoms with Crippen molar-refractivity contribution in [3.8, 4) is 5.95 Å². The summed E-state index contributed by atoms with van der Waals surface area (Å²) in [6, 6.07) is 7.87. The average molecular weight is 549 g/mol. The topological polar surface area (TPSA) is 97.4 Å². The zero-order chi connectivity index (χ0) is 27.6. The van der Waals surface area contributed by atoms with E-state index in [1.54, 1.807) is 0 Å². The fraction of sp³-hybridized carbons (Fsp3) is 0.586. The molecule has 40 heavy (non-hydrogen) atoms.